The molecule has 7 heteroatoms. The number of likely N-dealkylation sites (tertiary alicyclic amines) is 1. The lowest BCUT2D eigenvalue weighted by atomic mass is 9.76. The molecule has 0 aliphatic carbocycles. The number of nitrogens with zero attached hydrogens (tertiary/aromatic N) is 2. The number of fused-ring (bicyclic) bond motifs is 5. The van der Waals surface area contributed by atoms with Gasteiger partial charge in [0.05, 0.1) is 24.9 Å². The van der Waals surface area contributed by atoms with Crippen LogP contribution in [0.1, 0.15) is 23.1 Å². The van der Waals surface area contributed by atoms with Gasteiger partial charge in [0.2, 0.25) is 11.8 Å². The van der Waals surface area contributed by atoms with E-state index in [1.807, 2.05) is 84.0 Å². The Labute approximate surface area is 243 Å². The molecule has 2 saturated heterocycles. The molecule has 4 aromatic carbocycles. The molecule has 1 N–H and O–H groups in total. The highest BCUT2D eigenvalue weighted by Gasteiger charge is 2.71. The Hall–Kier alpha value is -3.94. The molecule has 0 aromatic heterocycles. The number of rotatable bonds is 7. The molecule has 2 fully saturated rings. The van der Waals surface area contributed by atoms with E-state index in [4.69, 9.17) is 0 Å². The fraction of sp³-hybridized carbons (Fsp3) is 0.265. The topological polar surface area (TPSA) is 69.7 Å². The van der Waals surface area contributed by atoms with Gasteiger partial charge in [-0.15, -0.1) is 0 Å². The minimum absolute atomic E-state index is 0.156. The molecule has 3 aliphatic heterocycles. The maximum Gasteiger partial charge on any atom is 0.253 e. The van der Waals surface area contributed by atoms with Crippen molar-refractivity contribution in [3.05, 3.63) is 114 Å². The highest BCUT2D eigenvalue weighted by Crippen LogP contribution is 2.55. The van der Waals surface area contributed by atoms with E-state index >= 15 is 0 Å². The third-order valence-corrected chi connectivity index (χ3v) is 9.63. The van der Waals surface area contributed by atoms with Crippen LogP contribution in [-0.4, -0.2) is 40.7 Å². The maximum atomic E-state index is 14.8. The molecule has 0 saturated carbocycles. The second-order valence-electron chi connectivity index (χ2n) is 11.1. The van der Waals surface area contributed by atoms with Gasteiger partial charge >= 0.3 is 0 Å². The van der Waals surface area contributed by atoms with Gasteiger partial charge in [0.25, 0.3) is 5.91 Å². The minimum atomic E-state index is -1.28. The molecule has 7 rings (SSSR count). The third kappa shape index (κ3) is 3.94. The van der Waals surface area contributed by atoms with Gasteiger partial charge in [-0.25, -0.2) is 0 Å². The van der Waals surface area contributed by atoms with Crippen molar-refractivity contribution in [2.45, 2.75) is 31.1 Å². The van der Waals surface area contributed by atoms with Gasteiger partial charge in [-0.1, -0.05) is 91.0 Å². The number of thioether (sulfide) groups is 1. The molecule has 4 aromatic rings. The Bertz CT molecular complexity index is 1670. The van der Waals surface area contributed by atoms with Crippen molar-refractivity contribution in [1.29, 1.82) is 0 Å². The van der Waals surface area contributed by atoms with Crippen molar-refractivity contribution in [1.82, 2.24) is 10.2 Å². The molecular formula is C34H31N3O3S. The summed E-state index contributed by atoms with van der Waals surface area (Å²) in [7, 11) is 0. The van der Waals surface area contributed by atoms with Crippen LogP contribution in [-0.2, 0) is 33.0 Å². The molecule has 41 heavy (non-hydrogen) atoms. The number of nitrogens with one attached hydrogen (secondary N) is 1. The molecule has 3 aliphatic rings. The van der Waals surface area contributed by atoms with E-state index in [9.17, 15) is 14.4 Å². The Morgan fingerprint density at radius 2 is 1.51 bits per heavy atom. The van der Waals surface area contributed by atoms with E-state index in [0.29, 0.717) is 13.0 Å². The van der Waals surface area contributed by atoms with Gasteiger partial charge in [-0.2, -0.15) is 11.8 Å². The van der Waals surface area contributed by atoms with E-state index < -0.39 is 17.4 Å². The second-order valence-corrected chi connectivity index (χ2v) is 12.1. The summed E-state index contributed by atoms with van der Waals surface area (Å²) in [4.78, 5) is 46.2. The Balaban J connectivity index is 1.32. The van der Waals surface area contributed by atoms with Crippen molar-refractivity contribution in [2.75, 3.05) is 16.9 Å². The number of benzene rings is 4. The van der Waals surface area contributed by atoms with Crippen LogP contribution < -0.4 is 10.2 Å². The molecule has 3 heterocycles. The predicted molar refractivity (Wildman–Crippen MR) is 162 cm³/mol. The molecule has 206 valence electrons. The number of carbonyl (C=O) groups is 3. The van der Waals surface area contributed by atoms with Crippen molar-refractivity contribution in [3.63, 3.8) is 0 Å². The first-order valence-electron chi connectivity index (χ1n) is 14.1. The van der Waals surface area contributed by atoms with Crippen molar-refractivity contribution >= 4 is 45.9 Å². The van der Waals surface area contributed by atoms with E-state index in [-0.39, 0.29) is 30.3 Å². The molecule has 0 bridgehead atoms. The van der Waals surface area contributed by atoms with Crippen LogP contribution >= 0.6 is 11.8 Å². The van der Waals surface area contributed by atoms with Crippen LogP contribution in [0.5, 0.6) is 0 Å². The standard InChI is InChI=1S/C34H31N3O3S/c1-41-19-18-27-29-30(32(39)37(31(29)38)20-22-10-3-2-4-11-22)34(35-27)26-16-7-8-17-28(26)36(33(34)40)21-24-14-9-13-23-12-5-6-15-25(23)24/h2-17,27,29-30,35H,18-21H2,1H3/t27-,29-,30+,34-/m0/s1. The van der Waals surface area contributed by atoms with Gasteiger partial charge in [0.15, 0.2) is 0 Å². The summed E-state index contributed by atoms with van der Waals surface area (Å²) in [5.41, 5.74) is 2.23. The number of amides is 3. The van der Waals surface area contributed by atoms with Gasteiger partial charge in [-0.05, 0) is 46.4 Å². The minimum Gasteiger partial charge on any atom is -0.306 e. The lowest BCUT2D eigenvalue weighted by Crippen LogP contribution is -2.55. The molecule has 3 amide bonds. The number of hydrogen-bond donors (Lipinski definition) is 1. The highest BCUT2D eigenvalue weighted by atomic mass is 32.2. The Morgan fingerprint density at radius 1 is 0.780 bits per heavy atom. The van der Waals surface area contributed by atoms with Gasteiger partial charge in [-0.3, -0.25) is 24.6 Å². The third-order valence-electron chi connectivity index (χ3n) is 8.98. The van der Waals surface area contributed by atoms with Crippen LogP contribution in [0.3, 0.4) is 0 Å². The summed E-state index contributed by atoms with van der Waals surface area (Å²) in [5, 5.41) is 5.84. The summed E-state index contributed by atoms with van der Waals surface area (Å²) in [5.74, 6) is -1.16. The van der Waals surface area contributed by atoms with E-state index in [1.54, 1.807) is 11.8 Å². The number of imide groups is 1. The van der Waals surface area contributed by atoms with Crippen LogP contribution in [0.2, 0.25) is 0 Å². The zero-order chi connectivity index (χ0) is 28.1. The fourth-order valence-corrected chi connectivity index (χ4v) is 7.67. The van der Waals surface area contributed by atoms with Gasteiger partial charge in [0, 0.05) is 17.3 Å². The molecule has 0 unspecified atom stereocenters. The largest absolute Gasteiger partial charge is 0.306 e. The van der Waals surface area contributed by atoms with E-state index in [0.717, 1.165) is 38.9 Å². The first-order chi connectivity index (χ1) is 20.0. The molecule has 6 nitrogen and oxygen atoms in total. The zero-order valence-electron chi connectivity index (χ0n) is 22.8. The summed E-state index contributed by atoms with van der Waals surface area (Å²) in [6.45, 7) is 0.593. The lowest BCUT2D eigenvalue weighted by molar-refractivity contribution is -0.143. The zero-order valence-corrected chi connectivity index (χ0v) is 23.6. The Morgan fingerprint density at radius 3 is 2.34 bits per heavy atom. The smallest absolute Gasteiger partial charge is 0.253 e. The molecular weight excluding hydrogens is 530 g/mol. The number of para-hydroxylation sites is 1. The monoisotopic (exact) mass is 561 g/mol. The van der Waals surface area contributed by atoms with Crippen molar-refractivity contribution in [3.8, 4) is 0 Å². The number of anilines is 1. The summed E-state index contributed by atoms with van der Waals surface area (Å²) in [6, 6.07) is 31.4. The van der Waals surface area contributed by atoms with Crippen molar-refractivity contribution < 1.29 is 14.4 Å². The SMILES string of the molecule is CSCC[C@@H]1N[C@]2(C(=O)N(Cc3cccc4ccccc34)c3ccccc32)[C@H]2C(=O)N(Cc3ccccc3)C(=O)[C@@H]12. The van der Waals surface area contributed by atoms with E-state index in [2.05, 4.69) is 29.6 Å². The van der Waals surface area contributed by atoms with E-state index in [1.165, 1.54) is 4.90 Å². The van der Waals surface area contributed by atoms with Gasteiger partial charge in [0.1, 0.15) is 5.54 Å². The normalized spacial score (nSPS) is 25.0. The second kappa shape index (κ2) is 10.2. The van der Waals surface area contributed by atoms with Crippen LogP contribution in [0, 0.1) is 11.8 Å². The number of carbonyl (C=O) groups excluding carboxylic acids is 3. The molecule has 4 atom stereocenters. The Kier molecular flexibility index (Phi) is 6.44. The summed E-state index contributed by atoms with van der Waals surface area (Å²) in [6.07, 6.45) is 2.73. The van der Waals surface area contributed by atoms with Gasteiger partial charge < -0.3 is 4.90 Å². The quantitative estimate of drug-likeness (QED) is 0.318. The first-order valence-corrected chi connectivity index (χ1v) is 15.5. The van der Waals surface area contributed by atoms with Crippen LogP contribution in [0.15, 0.2) is 97.1 Å². The average Bonchev–Trinajstić information content (AvgIpc) is 3.56. The first kappa shape index (κ1) is 26.0. The van der Waals surface area contributed by atoms with Crippen LogP contribution in [0.4, 0.5) is 5.69 Å². The fourth-order valence-electron chi connectivity index (χ4n) is 7.18. The maximum absolute atomic E-state index is 14.8. The molecule has 0 radical (unpaired) electrons. The molecule has 1 spiro atoms. The highest BCUT2D eigenvalue weighted by molar-refractivity contribution is 7.98. The summed E-state index contributed by atoms with van der Waals surface area (Å²) < 4.78 is 0. The average molecular weight is 562 g/mol. The van der Waals surface area contributed by atoms with Crippen LogP contribution in [0.25, 0.3) is 10.8 Å². The van der Waals surface area contributed by atoms with Crippen molar-refractivity contribution in [2.24, 2.45) is 11.8 Å². The predicted octanol–water partition coefficient (Wildman–Crippen LogP) is 5.11. The summed E-state index contributed by atoms with van der Waals surface area (Å²) >= 11 is 1.70. The lowest BCUT2D eigenvalue weighted by Gasteiger charge is -2.31. The number of hydrogen-bond acceptors (Lipinski definition) is 5.